The summed E-state index contributed by atoms with van der Waals surface area (Å²) in [5.41, 5.74) is 0. The second-order valence-corrected chi connectivity index (χ2v) is 8.18. The van der Waals surface area contributed by atoms with E-state index in [0.29, 0.717) is 18.3 Å². The van der Waals surface area contributed by atoms with Crippen LogP contribution in [0.25, 0.3) is 0 Å². The molecule has 1 heterocycles. The van der Waals surface area contributed by atoms with E-state index in [2.05, 4.69) is 10.2 Å². The molecule has 1 aliphatic heterocycles. The number of piperidine rings is 1. The minimum atomic E-state index is -2.80. The maximum absolute atomic E-state index is 11.5. The Hall–Kier alpha value is 0.160. The average molecular weight is 311 g/mol. The van der Waals surface area contributed by atoms with Gasteiger partial charge in [0.1, 0.15) is 0 Å². The van der Waals surface area contributed by atoms with E-state index < -0.39 is 9.84 Å². The predicted octanol–water partition coefficient (Wildman–Crippen LogP) is 1.31. The molecule has 19 heavy (non-hydrogen) atoms. The highest BCUT2D eigenvalue weighted by Crippen LogP contribution is 2.28. The van der Waals surface area contributed by atoms with Gasteiger partial charge in [0.05, 0.1) is 5.75 Å². The lowest BCUT2D eigenvalue weighted by Crippen LogP contribution is -2.44. The molecule has 0 aromatic heterocycles. The van der Waals surface area contributed by atoms with Crippen molar-refractivity contribution in [3.63, 3.8) is 0 Å². The van der Waals surface area contributed by atoms with Crippen molar-refractivity contribution in [2.75, 3.05) is 37.7 Å². The Morgan fingerprint density at radius 2 is 1.79 bits per heavy atom. The Kier molecular flexibility index (Phi) is 7.08. The molecule has 0 radical (unpaired) electrons. The smallest absolute Gasteiger partial charge is 0.151 e. The van der Waals surface area contributed by atoms with Gasteiger partial charge in [-0.2, -0.15) is 0 Å². The fourth-order valence-electron chi connectivity index (χ4n) is 2.43. The van der Waals surface area contributed by atoms with Crippen molar-refractivity contribution in [1.29, 1.82) is 0 Å². The minimum absolute atomic E-state index is 0. The third-order valence-electron chi connectivity index (χ3n) is 4.14. The molecule has 0 atom stereocenters. The van der Waals surface area contributed by atoms with Gasteiger partial charge >= 0.3 is 0 Å². The summed E-state index contributed by atoms with van der Waals surface area (Å²) >= 11 is 0. The maximum atomic E-state index is 11.5. The molecule has 6 heteroatoms. The van der Waals surface area contributed by atoms with E-state index >= 15 is 0 Å². The Balaban J connectivity index is 0.00000180. The van der Waals surface area contributed by atoms with Gasteiger partial charge < -0.3 is 10.2 Å². The molecule has 0 spiro atoms. The molecule has 1 saturated heterocycles. The molecule has 1 aliphatic carbocycles. The van der Waals surface area contributed by atoms with Crippen molar-refractivity contribution >= 4 is 22.2 Å². The van der Waals surface area contributed by atoms with E-state index in [1.54, 1.807) is 6.92 Å². The van der Waals surface area contributed by atoms with Gasteiger partial charge in [0.2, 0.25) is 0 Å². The quantitative estimate of drug-likeness (QED) is 0.770. The number of nitrogens with zero attached hydrogens (tertiary/aromatic N) is 1. The number of nitrogens with one attached hydrogen (secondary N) is 1. The second-order valence-electron chi connectivity index (χ2n) is 5.70. The van der Waals surface area contributed by atoms with E-state index in [9.17, 15) is 8.42 Å². The Labute approximate surface area is 123 Å². The van der Waals surface area contributed by atoms with E-state index in [-0.39, 0.29) is 18.2 Å². The first kappa shape index (κ1) is 17.2. The largest absolute Gasteiger partial charge is 0.314 e. The highest BCUT2D eigenvalue weighted by molar-refractivity contribution is 7.91. The Morgan fingerprint density at radius 1 is 1.16 bits per heavy atom. The molecular weight excluding hydrogens is 284 g/mol. The molecule has 2 rings (SSSR count). The Bertz CT molecular complexity index is 350. The molecule has 1 saturated carbocycles. The lowest BCUT2D eigenvalue weighted by molar-refractivity contribution is 0.206. The van der Waals surface area contributed by atoms with Crippen molar-refractivity contribution in [3.8, 4) is 0 Å². The SMILES string of the molecule is CCS(=O)(=O)CCN1CCC(NCC2CC2)CC1.Cl. The van der Waals surface area contributed by atoms with Crippen LogP contribution in [0.2, 0.25) is 0 Å². The van der Waals surface area contributed by atoms with Crippen molar-refractivity contribution in [2.24, 2.45) is 5.92 Å². The fourth-order valence-corrected chi connectivity index (χ4v) is 3.25. The van der Waals surface area contributed by atoms with Crippen LogP contribution in [0.3, 0.4) is 0 Å². The van der Waals surface area contributed by atoms with Crippen LogP contribution in [-0.4, -0.2) is 57.0 Å². The topological polar surface area (TPSA) is 49.4 Å². The molecule has 0 bridgehead atoms. The van der Waals surface area contributed by atoms with E-state index in [1.807, 2.05) is 0 Å². The van der Waals surface area contributed by atoms with Crippen LogP contribution in [0, 0.1) is 5.92 Å². The molecule has 0 unspecified atom stereocenters. The van der Waals surface area contributed by atoms with Gasteiger partial charge in [0.25, 0.3) is 0 Å². The fraction of sp³-hybridized carbons (Fsp3) is 1.00. The highest BCUT2D eigenvalue weighted by atomic mass is 35.5. The van der Waals surface area contributed by atoms with Gasteiger partial charge in [-0.3, -0.25) is 0 Å². The van der Waals surface area contributed by atoms with Gasteiger partial charge in [-0.1, -0.05) is 6.92 Å². The van der Waals surface area contributed by atoms with Crippen LogP contribution in [-0.2, 0) is 9.84 Å². The molecule has 4 nitrogen and oxygen atoms in total. The lowest BCUT2D eigenvalue weighted by atomic mass is 10.1. The minimum Gasteiger partial charge on any atom is -0.314 e. The van der Waals surface area contributed by atoms with Crippen LogP contribution < -0.4 is 5.32 Å². The van der Waals surface area contributed by atoms with Crippen LogP contribution in [0.15, 0.2) is 0 Å². The van der Waals surface area contributed by atoms with Gasteiger partial charge in [-0.25, -0.2) is 8.42 Å². The Morgan fingerprint density at radius 3 is 2.32 bits per heavy atom. The molecule has 2 aliphatic rings. The van der Waals surface area contributed by atoms with Crippen LogP contribution in [0.5, 0.6) is 0 Å². The highest BCUT2D eigenvalue weighted by Gasteiger charge is 2.24. The molecule has 1 N–H and O–H groups in total. The lowest BCUT2D eigenvalue weighted by Gasteiger charge is -2.32. The number of halogens is 1. The summed E-state index contributed by atoms with van der Waals surface area (Å²) in [5.74, 6) is 1.54. The number of sulfone groups is 1. The summed E-state index contributed by atoms with van der Waals surface area (Å²) in [4.78, 5) is 2.29. The monoisotopic (exact) mass is 310 g/mol. The molecule has 0 aromatic rings. The zero-order valence-corrected chi connectivity index (χ0v) is 13.4. The zero-order chi connectivity index (χ0) is 13.0. The van der Waals surface area contributed by atoms with Crippen molar-refractivity contribution in [2.45, 2.75) is 38.6 Å². The van der Waals surface area contributed by atoms with Crippen molar-refractivity contribution < 1.29 is 8.42 Å². The average Bonchev–Trinajstić information content (AvgIpc) is 3.19. The maximum Gasteiger partial charge on any atom is 0.151 e. The van der Waals surface area contributed by atoms with Gasteiger partial charge in [0, 0.05) is 18.3 Å². The standard InChI is InChI=1S/C13H26N2O2S.ClH/c1-2-18(16,17)10-9-15-7-5-13(6-8-15)14-11-12-3-4-12;/h12-14H,2-11H2,1H3;1H. The molecule has 114 valence electrons. The summed E-state index contributed by atoms with van der Waals surface area (Å²) < 4.78 is 22.9. The molecule has 0 amide bonds. The van der Waals surface area contributed by atoms with Crippen LogP contribution >= 0.6 is 12.4 Å². The van der Waals surface area contributed by atoms with E-state index in [1.165, 1.54) is 32.2 Å². The zero-order valence-electron chi connectivity index (χ0n) is 11.8. The number of likely N-dealkylation sites (tertiary alicyclic amines) is 1. The van der Waals surface area contributed by atoms with Crippen molar-refractivity contribution in [3.05, 3.63) is 0 Å². The first-order valence-corrected chi connectivity index (χ1v) is 9.07. The van der Waals surface area contributed by atoms with Crippen LogP contribution in [0.4, 0.5) is 0 Å². The van der Waals surface area contributed by atoms with E-state index in [0.717, 1.165) is 19.0 Å². The predicted molar refractivity (Wildman–Crippen MR) is 81.8 cm³/mol. The third-order valence-corrected chi connectivity index (χ3v) is 5.82. The molecular formula is C13H27ClN2O2S. The summed E-state index contributed by atoms with van der Waals surface area (Å²) in [6.07, 6.45) is 5.14. The first-order valence-electron chi connectivity index (χ1n) is 7.25. The first-order chi connectivity index (χ1) is 8.59. The summed E-state index contributed by atoms with van der Waals surface area (Å²) in [6.45, 7) is 5.72. The summed E-state index contributed by atoms with van der Waals surface area (Å²) in [6, 6.07) is 0.657. The third kappa shape index (κ3) is 6.43. The van der Waals surface area contributed by atoms with Gasteiger partial charge in [0.15, 0.2) is 9.84 Å². The van der Waals surface area contributed by atoms with Crippen molar-refractivity contribution in [1.82, 2.24) is 10.2 Å². The second kappa shape index (κ2) is 7.81. The number of hydrogen-bond acceptors (Lipinski definition) is 4. The molecule has 2 fully saturated rings. The number of rotatable bonds is 7. The van der Waals surface area contributed by atoms with E-state index in [4.69, 9.17) is 0 Å². The van der Waals surface area contributed by atoms with Gasteiger partial charge in [-0.05, 0) is 51.2 Å². The van der Waals surface area contributed by atoms with Crippen LogP contribution in [0.1, 0.15) is 32.6 Å². The summed E-state index contributed by atoms with van der Waals surface area (Å²) in [5, 5.41) is 3.64. The summed E-state index contributed by atoms with van der Waals surface area (Å²) in [7, 11) is -2.80. The molecule has 0 aromatic carbocycles. The van der Waals surface area contributed by atoms with Gasteiger partial charge in [-0.15, -0.1) is 12.4 Å². The number of hydrogen-bond donors (Lipinski definition) is 1. The normalized spacial score (nSPS) is 22.2.